The number of anilines is 3. The van der Waals surface area contributed by atoms with Crippen LogP contribution in [0.2, 0.25) is 0 Å². The number of benzene rings is 10. The van der Waals surface area contributed by atoms with E-state index >= 15 is 0 Å². The third-order valence-electron chi connectivity index (χ3n) is 11.8. The van der Waals surface area contributed by atoms with E-state index in [1.165, 1.54) is 71.5 Å². The Labute approximate surface area is 350 Å². The Bertz CT molecular complexity index is 3310. The summed E-state index contributed by atoms with van der Waals surface area (Å²) < 4.78 is 2.38. The maximum Gasteiger partial charge on any atom is 0.0546 e. The Kier molecular flexibility index (Phi) is 8.87. The zero-order valence-corrected chi connectivity index (χ0v) is 33.0. The molecule has 0 aliphatic carbocycles. The third kappa shape index (κ3) is 6.23. The Balaban J connectivity index is 1.15. The molecular weight excluding hydrogens is 725 g/mol. The second kappa shape index (κ2) is 15.1. The number of hydrogen-bond acceptors (Lipinski definition) is 1. The number of fused-ring (bicyclic) bond motifs is 4. The molecule has 0 amide bonds. The Morgan fingerprint density at radius 1 is 0.300 bits per heavy atom. The molecule has 2 nitrogen and oxygen atoms in total. The molecule has 282 valence electrons. The minimum atomic E-state index is 1.08. The molecule has 0 radical (unpaired) electrons. The number of rotatable bonds is 8. The largest absolute Gasteiger partial charge is 0.310 e. The maximum atomic E-state index is 2.46. The summed E-state index contributed by atoms with van der Waals surface area (Å²) in [4.78, 5) is 2.46. The summed E-state index contributed by atoms with van der Waals surface area (Å²) in [7, 11) is 0. The Hall–Kier alpha value is -7.94. The molecule has 0 spiro atoms. The van der Waals surface area contributed by atoms with Gasteiger partial charge in [0, 0.05) is 33.4 Å². The van der Waals surface area contributed by atoms with Crippen LogP contribution in [-0.2, 0) is 0 Å². The van der Waals surface area contributed by atoms with Gasteiger partial charge in [-0.3, -0.25) is 0 Å². The van der Waals surface area contributed by atoms with Crippen molar-refractivity contribution >= 4 is 49.6 Å². The first-order valence-electron chi connectivity index (χ1n) is 20.6. The molecule has 1 heterocycles. The lowest BCUT2D eigenvalue weighted by atomic mass is 9.87. The lowest BCUT2D eigenvalue weighted by Gasteiger charge is -2.30. The van der Waals surface area contributed by atoms with Crippen molar-refractivity contribution in [1.82, 2.24) is 4.57 Å². The standard InChI is InChI=1S/C58H40N2/c1-4-19-42(20-5-1)50-28-12-13-30-53(50)58-51(43-21-6-2-7-22-43)31-17-33-57(58)59(49-36-34-41-18-10-11-23-44(41)38-49)48-27-16-24-45(39-48)46-35-37-56-54(40-46)52-29-14-15-32-55(52)60(56)47-25-8-3-9-26-47/h1-40H. The summed E-state index contributed by atoms with van der Waals surface area (Å²) >= 11 is 0. The molecule has 2 heteroatoms. The first kappa shape index (κ1) is 35.2. The van der Waals surface area contributed by atoms with Crippen LogP contribution in [0.25, 0.3) is 82.8 Å². The van der Waals surface area contributed by atoms with E-state index in [0.717, 1.165) is 28.3 Å². The second-order valence-corrected chi connectivity index (χ2v) is 15.3. The minimum absolute atomic E-state index is 1.08. The highest BCUT2D eigenvalue weighted by Crippen LogP contribution is 2.49. The Morgan fingerprint density at radius 2 is 0.867 bits per heavy atom. The predicted molar refractivity (Wildman–Crippen MR) is 255 cm³/mol. The monoisotopic (exact) mass is 764 g/mol. The van der Waals surface area contributed by atoms with Gasteiger partial charge in [0.15, 0.2) is 0 Å². The van der Waals surface area contributed by atoms with Gasteiger partial charge in [-0.05, 0) is 110 Å². The minimum Gasteiger partial charge on any atom is -0.310 e. The number of hydrogen-bond donors (Lipinski definition) is 0. The molecular formula is C58H40N2. The number of aromatic nitrogens is 1. The molecule has 0 aliphatic rings. The van der Waals surface area contributed by atoms with Crippen molar-refractivity contribution in [1.29, 1.82) is 0 Å². The third-order valence-corrected chi connectivity index (χ3v) is 11.8. The van der Waals surface area contributed by atoms with Gasteiger partial charge >= 0.3 is 0 Å². The number of para-hydroxylation sites is 2. The van der Waals surface area contributed by atoms with Crippen molar-refractivity contribution in [2.24, 2.45) is 0 Å². The highest BCUT2D eigenvalue weighted by molar-refractivity contribution is 6.10. The smallest absolute Gasteiger partial charge is 0.0546 e. The van der Waals surface area contributed by atoms with Crippen LogP contribution in [-0.4, -0.2) is 4.57 Å². The van der Waals surface area contributed by atoms with Crippen LogP contribution in [0.1, 0.15) is 0 Å². The summed E-state index contributed by atoms with van der Waals surface area (Å²) in [5.41, 5.74) is 16.3. The van der Waals surface area contributed by atoms with E-state index in [1.807, 2.05) is 0 Å². The second-order valence-electron chi connectivity index (χ2n) is 15.3. The van der Waals surface area contributed by atoms with Crippen LogP contribution in [0.3, 0.4) is 0 Å². The average molecular weight is 765 g/mol. The van der Waals surface area contributed by atoms with Gasteiger partial charge < -0.3 is 9.47 Å². The molecule has 1 aromatic heterocycles. The summed E-state index contributed by atoms with van der Waals surface area (Å²) in [6, 6.07) is 88.0. The molecule has 0 bridgehead atoms. The van der Waals surface area contributed by atoms with E-state index in [2.05, 4.69) is 252 Å². The lowest BCUT2D eigenvalue weighted by Crippen LogP contribution is -2.12. The Morgan fingerprint density at radius 3 is 1.67 bits per heavy atom. The summed E-state index contributed by atoms with van der Waals surface area (Å²) in [5, 5.41) is 4.89. The highest BCUT2D eigenvalue weighted by Gasteiger charge is 2.23. The van der Waals surface area contributed by atoms with Crippen LogP contribution >= 0.6 is 0 Å². The van der Waals surface area contributed by atoms with Crippen LogP contribution in [0.4, 0.5) is 17.1 Å². The first-order chi connectivity index (χ1) is 29.8. The molecule has 0 unspecified atom stereocenters. The fourth-order valence-corrected chi connectivity index (χ4v) is 9.01. The fourth-order valence-electron chi connectivity index (χ4n) is 9.01. The molecule has 11 aromatic rings. The molecule has 0 N–H and O–H groups in total. The predicted octanol–water partition coefficient (Wildman–Crippen LogP) is 16.1. The van der Waals surface area contributed by atoms with Gasteiger partial charge in [0.05, 0.1) is 16.7 Å². The average Bonchev–Trinajstić information content (AvgIpc) is 3.66. The van der Waals surface area contributed by atoms with Gasteiger partial charge in [-0.15, -0.1) is 0 Å². The van der Waals surface area contributed by atoms with Gasteiger partial charge in [-0.1, -0.05) is 182 Å². The van der Waals surface area contributed by atoms with Crippen LogP contribution < -0.4 is 4.90 Å². The zero-order valence-electron chi connectivity index (χ0n) is 33.0. The van der Waals surface area contributed by atoms with E-state index in [1.54, 1.807) is 0 Å². The van der Waals surface area contributed by atoms with Gasteiger partial charge in [0.25, 0.3) is 0 Å². The van der Waals surface area contributed by atoms with Gasteiger partial charge in [0.1, 0.15) is 0 Å². The summed E-state index contributed by atoms with van der Waals surface area (Å²) in [5.74, 6) is 0. The number of nitrogens with zero attached hydrogens (tertiary/aromatic N) is 2. The molecule has 60 heavy (non-hydrogen) atoms. The van der Waals surface area contributed by atoms with Crippen molar-refractivity contribution in [3.8, 4) is 50.2 Å². The molecule has 11 rings (SSSR count). The van der Waals surface area contributed by atoms with E-state index in [0.29, 0.717) is 0 Å². The van der Waals surface area contributed by atoms with Crippen molar-refractivity contribution in [2.75, 3.05) is 4.90 Å². The van der Waals surface area contributed by atoms with Gasteiger partial charge in [-0.25, -0.2) is 0 Å². The van der Waals surface area contributed by atoms with Crippen molar-refractivity contribution in [3.05, 3.63) is 243 Å². The fraction of sp³-hybridized carbons (Fsp3) is 0. The first-order valence-corrected chi connectivity index (χ1v) is 20.6. The highest BCUT2D eigenvalue weighted by atomic mass is 15.1. The lowest BCUT2D eigenvalue weighted by molar-refractivity contribution is 1.18. The van der Waals surface area contributed by atoms with Crippen LogP contribution in [0.15, 0.2) is 243 Å². The van der Waals surface area contributed by atoms with Crippen molar-refractivity contribution < 1.29 is 0 Å². The molecule has 0 fully saturated rings. The normalized spacial score (nSPS) is 11.3. The topological polar surface area (TPSA) is 8.17 Å². The van der Waals surface area contributed by atoms with E-state index in [9.17, 15) is 0 Å². The molecule has 0 saturated carbocycles. The van der Waals surface area contributed by atoms with E-state index in [4.69, 9.17) is 0 Å². The SMILES string of the molecule is c1ccc(-c2ccccc2-c2c(-c3ccccc3)cccc2N(c2cccc(-c3ccc4c(c3)c3ccccc3n4-c3ccccc3)c2)c2ccc3ccccc3c2)cc1. The van der Waals surface area contributed by atoms with Crippen molar-refractivity contribution in [2.45, 2.75) is 0 Å². The summed E-state index contributed by atoms with van der Waals surface area (Å²) in [6.45, 7) is 0. The quantitative estimate of drug-likeness (QED) is 0.150. The molecule has 0 atom stereocenters. The molecule has 0 aliphatic heterocycles. The zero-order chi connectivity index (χ0) is 39.8. The van der Waals surface area contributed by atoms with E-state index < -0.39 is 0 Å². The van der Waals surface area contributed by atoms with Gasteiger partial charge in [0.2, 0.25) is 0 Å². The van der Waals surface area contributed by atoms with Crippen LogP contribution in [0.5, 0.6) is 0 Å². The van der Waals surface area contributed by atoms with Crippen molar-refractivity contribution in [3.63, 3.8) is 0 Å². The van der Waals surface area contributed by atoms with Crippen LogP contribution in [0, 0.1) is 0 Å². The molecule has 10 aromatic carbocycles. The molecule has 0 saturated heterocycles. The van der Waals surface area contributed by atoms with Gasteiger partial charge in [-0.2, -0.15) is 0 Å². The summed E-state index contributed by atoms with van der Waals surface area (Å²) in [6.07, 6.45) is 0. The maximum absolute atomic E-state index is 2.46. The van der Waals surface area contributed by atoms with E-state index in [-0.39, 0.29) is 0 Å².